The molecule has 0 saturated carbocycles. The van der Waals surface area contributed by atoms with Crippen molar-refractivity contribution < 1.29 is 38.1 Å². The minimum absolute atomic E-state index is 0.0553. The SMILES string of the molecule is NC(C1COC(=O)O1)C(OC=O)C1COC(=O)O1. The van der Waals surface area contributed by atoms with Crippen molar-refractivity contribution in [1.29, 1.82) is 0 Å². The Morgan fingerprint density at radius 3 is 2.17 bits per heavy atom. The van der Waals surface area contributed by atoms with Gasteiger partial charge in [-0.15, -0.1) is 0 Å². The van der Waals surface area contributed by atoms with E-state index in [4.69, 9.17) is 19.9 Å². The Hall–Kier alpha value is -2.03. The smallest absolute Gasteiger partial charge is 0.459 e. The van der Waals surface area contributed by atoms with E-state index in [1.54, 1.807) is 0 Å². The third-order valence-corrected chi connectivity index (χ3v) is 2.61. The summed E-state index contributed by atoms with van der Waals surface area (Å²) in [5, 5.41) is 0. The van der Waals surface area contributed by atoms with Crippen LogP contribution < -0.4 is 5.73 Å². The van der Waals surface area contributed by atoms with Crippen LogP contribution in [0.4, 0.5) is 9.59 Å². The Labute approximate surface area is 101 Å². The molecule has 2 rings (SSSR count). The first-order chi connectivity index (χ1) is 8.61. The lowest BCUT2D eigenvalue weighted by atomic mass is 10.0. The number of carbonyl (C=O) groups excluding carboxylic acids is 3. The first-order valence-electron chi connectivity index (χ1n) is 5.13. The lowest BCUT2D eigenvalue weighted by molar-refractivity contribution is -0.141. The molecular formula is C9H11NO8. The Morgan fingerprint density at radius 2 is 1.72 bits per heavy atom. The fourth-order valence-electron chi connectivity index (χ4n) is 1.74. The lowest BCUT2D eigenvalue weighted by Crippen LogP contribution is -2.53. The zero-order valence-electron chi connectivity index (χ0n) is 9.14. The summed E-state index contributed by atoms with van der Waals surface area (Å²) in [5.74, 6) is 0. The van der Waals surface area contributed by atoms with Gasteiger partial charge < -0.3 is 29.4 Å². The molecule has 0 aromatic heterocycles. The van der Waals surface area contributed by atoms with E-state index < -0.39 is 36.7 Å². The van der Waals surface area contributed by atoms with Crippen LogP contribution in [0.5, 0.6) is 0 Å². The molecule has 0 aromatic rings. The van der Waals surface area contributed by atoms with Gasteiger partial charge in [-0.2, -0.15) is 0 Å². The first-order valence-corrected chi connectivity index (χ1v) is 5.13. The summed E-state index contributed by atoms with van der Waals surface area (Å²) in [6.45, 7) is 0.0289. The van der Waals surface area contributed by atoms with E-state index in [0.717, 1.165) is 0 Å². The minimum atomic E-state index is -0.978. The molecule has 2 fully saturated rings. The third-order valence-electron chi connectivity index (χ3n) is 2.61. The van der Waals surface area contributed by atoms with E-state index in [1.807, 2.05) is 0 Å². The highest BCUT2D eigenvalue weighted by atomic mass is 16.8. The van der Waals surface area contributed by atoms with Gasteiger partial charge in [-0.05, 0) is 0 Å². The Kier molecular flexibility index (Phi) is 3.51. The normalized spacial score (nSPS) is 29.6. The molecule has 9 nitrogen and oxygen atoms in total. The summed E-state index contributed by atoms with van der Waals surface area (Å²) in [5.41, 5.74) is 5.81. The molecule has 100 valence electrons. The molecule has 0 bridgehead atoms. The summed E-state index contributed by atoms with van der Waals surface area (Å²) in [6, 6.07) is -0.888. The zero-order chi connectivity index (χ0) is 13.1. The van der Waals surface area contributed by atoms with Crippen molar-refractivity contribution >= 4 is 18.8 Å². The topological polar surface area (TPSA) is 123 Å². The average molecular weight is 261 g/mol. The minimum Gasteiger partial charge on any atom is -0.459 e. The van der Waals surface area contributed by atoms with Crippen molar-refractivity contribution in [2.24, 2.45) is 5.73 Å². The average Bonchev–Trinajstić information content (AvgIpc) is 2.94. The Balaban J connectivity index is 2.02. The van der Waals surface area contributed by atoms with Crippen LogP contribution in [0, 0.1) is 0 Å². The molecule has 2 heterocycles. The standard InChI is InChI=1S/C9H11NO8/c10-6(4-1-14-8(12)17-4)7(16-3-11)5-2-15-9(13)18-5/h3-7H,1-2,10H2. The van der Waals surface area contributed by atoms with Gasteiger partial charge in [0.1, 0.15) is 13.2 Å². The summed E-state index contributed by atoms with van der Waals surface area (Å²) in [7, 11) is 0. The van der Waals surface area contributed by atoms with E-state index in [9.17, 15) is 14.4 Å². The summed E-state index contributed by atoms with van der Waals surface area (Å²) >= 11 is 0. The van der Waals surface area contributed by atoms with Crippen LogP contribution in [-0.4, -0.2) is 56.4 Å². The van der Waals surface area contributed by atoms with Crippen molar-refractivity contribution in [2.75, 3.05) is 13.2 Å². The molecule has 2 N–H and O–H groups in total. The van der Waals surface area contributed by atoms with Crippen LogP contribution >= 0.6 is 0 Å². The molecule has 4 atom stereocenters. The first kappa shape index (κ1) is 12.4. The molecule has 0 aromatic carbocycles. The van der Waals surface area contributed by atoms with Crippen LogP contribution in [-0.2, 0) is 28.5 Å². The molecule has 2 saturated heterocycles. The van der Waals surface area contributed by atoms with Crippen molar-refractivity contribution in [1.82, 2.24) is 0 Å². The van der Waals surface area contributed by atoms with Crippen molar-refractivity contribution in [3.8, 4) is 0 Å². The molecule has 2 aliphatic heterocycles. The Bertz CT molecular complexity index is 358. The van der Waals surface area contributed by atoms with Crippen LogP contribution in [0.3, 0.4) is 0 Å². The number of rotatable bonds is 5. The van der Waals surface area contributed by atoms with E-state index in [-0.39, 0.29) is 19.7 Å². The predicted octanol–water partition coefficient (Wildman–Crippen LogP) is -1.07. The van der Waals surface area contributed by atoms with E-state index >= 15 is 0 Å². The molecule has 9 heteroatoms. The second-order valence-electron chi connectivity index (χ2n) is 3.71. The van der Waals surface area contributed by atoms with Crippen LogP contribution in [0.2, 0.25) is 0 Å². The second kappa shape index (κ2) is 5.08. The maximum absolute atomic E-state index is 10.8. The van der Waals surface area contributed by atoms with Crippen molar-refractivity contribution in [2.45, 2.75) is 24.4 Å². The number of hydrogen-bond acceptors (Lipinski definition) is 9. The maximum atomic E-state index is 10.8. The predicted molar refractivity (Wildman–Crippen MR) is 51.4 cm³/mol. The third kappa shape index (κ3) is 2.45. The maximum Gasteiger partial charge on any atom is 0.508 e. The fourth-order valence-corrected chi connectivity index (χ4v) is 1.74. The fraction of sp³-hybridized carbons (Fsp3) is 0.667. The highest BCUT2D eigenvalue weighted by Gasteiger charge is 2.44. The molecule has 18 heavy (non-hydrogen) atoms. The number of carbonyl (C=O) groups is 3. The van der Waals surface area contributed by atoms with E-state index in [2.05, 4.69) is 9.47 Å². The van der Waals surface area contributed by atoms with Gasteiger partial charge >= 0.3 is 12.3 Å². The number of nitrogens with two attached hydrogens (primary N) is 1. The van der Waals surface area contributed by atoms with E-state index in [1.165, 1.54) is 0 Å². The quantitative estimate of drug-likeness (QED) is 0.374. The molecule has 2 aliphatic rings. The van der Waals surface area contributed by atoms with Gasteiger partial charge in [-0.3, -0.25) is 4.79 Å². The number of cyclic esters (lactones) is 4. The number of ether oxygens (including phenoxy) is 5. The largest absolute Gasteiger partial charge is 0.508 e. The monoisotopic (exact) mass is 261 g/mol. The molecule has 0 radical (unpaired) electrons. The number of hydrogen-bond donors (Lipinski definition) is 1. The van der Waals surface area contributed by atoms with Crippen LogP contribution in [0.15, 0.2) is 0 Å². The zero-order valence-corrected chi connectivity index (χ0v) is 9.14. The molecule has 4 unspecified atom stereocenters. The van der Waals surface area contributed by atoms with Crippen molar-refractivity contribution in [3.05, 3.63) is 0 Å². The summed E-state index contributed by atoms with van der Waals surface area (Å²) in [4.78, 5) is 32.0. The van der Waals surface area contributed by atoms with Crippen molar-refractivity contribution in [3.63, 3.8) is 0 Å². The van der Waals surface area contributed by atoms with Gasteiger partial charge in [-0.1, -0.05) is 0 Å². The second-order valence-corrected chi connectivity index (χ2v) is 3.71. The van der Waals surface area contributed by atoms with Crippen LogP contribution in [0.1, 0.15) is 0 Å². The van der Waals surface area contributed by atoms with Gasteiger partial charge in [0.2, 0.25) is 0 Å². The molecule has 0 aliphatic carbocycles. The van der Waals surface area contributed by atoms with Crippen LogP contribution in [0.25, 0.3) is 0 Å². The van der Waals surface area contributed by atoms with Gasteiger partial charge in [-0.25, -0.2) is 9.59 Å². The van der Waals surface area contributed by atoms with Gasteiger partial charge in [0.25, 0.3) is 6.47 Å². The molecule has 0 amide bonds. The highest BCUT2D eigenvalue weighted by Crippen LogP contribution is 2.20. The molecular weight excluding hydrogens is 250 g/mol. The van der Waals surface area contributed by atoms with Gasteiger partial charge in [0.05, 0.1) is 6.04 Å². The summed E-state index contributed by atoms with van der Waals surface area (Å²) < 4.78 is 23.5. The highest BCUT2D eigenvalue weighted by molar-refractivity contribution is 5.62. The molecule has 0 spiro atoms. The van der Waals surface area contributed by atoms with Gasteiger partial charge in [0, 0.05) is 0 Å². The van der Waals surface area contributed by atoms with Gasteiger partial charge in [0.15, 0.2) is 18.3 Å². The Morgan fingerprint density at radius 1 is 1.17 bits per heavy atom. The summed E-state index contributed by atoms with van der Waals surface area (Å²) in [6.07, 6.45) is -4.31. The van der Waals surface area contributed by atoms with E-state index in [0.29, 0.717) is 0 Å². The lowest BCUT2D eigenvalue weighted by Gasteiger charge is -2.26.